The van der Waals surface area contributed by atoms with Gasteiger partial charge in [0.25, 0.3) is 0 Å². The lowest BCUT2D eigenvalue weighted by molar-refractivity contribution is 0.114. The van der Waals surface area contributed by atoms with E-state index in [9.17, 15) is 0 Å². The normalized spacial score (nSPS) is 13.1. The molecule has 3 N–H and O–H groups in total. The van der Waals surface area contributed by atoms with Gasteiger partial charge in [-0.1, -0.05) is 12.1 Å². The molecule has 0 fully saturated rings. The van der Waals surface area contributed by atoms with E-state index in [1.165, 1.54) is 0 Å². The smallest absolute Gasteiger partial charge is 0.246 e. The first kappa shape index (κ1) is 11.1. The maximum absolute atomic E-state index is 8.73. The van der Waals surface area contributed by atoms with Gasteiger partial charge in [0.1, 0.15) is 12.6 Å². The molecule has 0 saturated carbocycles. The van der Waals surface area contributed by atoms with Gasteiger partial charge in [-0.2, -0.15) is 4.98 Å². The van der Waals surface area contributed by atoms with Crippen LogP contribution < -0.4 is 5.73 Å². The lowest BCUT2D eigenvalue weighted by Gasteiger charge is -1.98. The summed E-state index contributed by atoms with van der Waals surface area (Å²) in [6.45, 7) is 2.78. The molecule has 0 amide bonds. The van der Waals surface area contributed by atoms with E-state index in [1.807, 2.05) is 6.92 Å². The Morgan fingerprint density at radius 1 is 1.64 bits per heavy atom. The van der Waals surface area contributed by atoms with Gasteiger partial charge >= 0.3 is 0 Å². The second kappa shape index (κ2) is 5.69. The van der Waals surface area contributed by atoms with E-state index >= 15 is 0 Å². The monoisotopic (exact) mass is 201 g/mol. The highest BCUT2D eigenvalue weighted by Crippen LogP contribution is 2.06. The van der Waals surface area contributed by atoms with Crippen molar-refractivity contribution in [2.45, 2.75) is 26.0 Å². The van der Waals surface area contributed by atoms with Crippen LogP contribution in [0.15, 0.2) is 4.52 Å². The van der Waals surface area contributed by atoms with Gasteiger partial charge in [0.2, 0.25) is 5.89 Å². The minimum absolute atomic E-state index is 0.211. The van der Waals surface area contributed by atoms with Crippen LogP contribution in [0.1, 0.15) is 31.1 Å². The predicted molar refractivity (Wildman–Crippen MR) is 48.3 cm³/mol. The molecule has 6 heteroatoms. The van der Waals surface area contributed by atoms with E-state index in [-0.39, 0.29) is 12.5 Å². The fraction of sp³-hybridized carbons (Fsp3) is 0.750. The van der Waals surface area contributed by atoms with Crippen LogP contribution in [-0.4, -0.2) is 28.5 Å². The van der Waals surface area contributed by atoms with Gasteiger partial charge in [-0.15, -0.1) is 0 Å². The van der Waals surface area contributed by atoms with E-state index in [0.717, 1.165) is 6.42 Å². The van der Waals surface area contributed by atoms with E-state index in [0.29, 0.717) is 19.0 Å². The SMILES string of the molecule is CCCOCc1noc(C(N)CO)n1. The number of aliphatic hydroxyl groups is 1. The third-order valence-electron chi connectivity index (χ3n) is 1.58. The van der Waals surface area contributed by atoms with Gasteiger partial charge in [0.05, 0.1) is 6.61 Å². The van der Waals surface area contributed by atoms with Crippen molar-refractivity contribution in [1.29, 1.82) is 0 Å². The number of rotatable bonds is 6. The zero-order valence-electron chi connectivity index (χ0n) is 8.14. The Morgan fingerprint density at radius 2 is 2.43 bits per heavy atom. The van der Waals surface area contributed by atoms with Crippen LogP contribution in [0.4, 0.5) is 0 Å². The zero-order chi connectivity index (χ0) is 10.4. The average molecular weight is 201 g/mol. The van der Waals surface area contributed by atoms with Gasteiger partial charge in [0.15, 0.2) is 5.82 Å². The molecule has 6 nitrogen and oxygen atoms in total. The molecule has 1 aromatic rings. The quantitative estimate of drug-likeness (QED) is 0.628. The number of ether oxygens (including phenoxy) is 1. The Labute approximate surface area is 82.1 Å². The summed E-state index contributed by atoms with van der Waals surface area (Å²) >= 11 is 0. The molecule has 0 bridgehead atoms. The Kier molecular flexibility index (Phi) is 4.51. The van der Waals surface area contributed by atoms with Crippen molar-refractivity contribution >= 4 is 0 Å². The highest BCUT2D eigenvalue weighted by atomic mass is 16.5. The molecule has 80 valence electrons. The molecule has 1 rings (SSSR count). The van der Waals surface area contributed by atoms with Crippen LogP contribution in [0.5, 0.6) is 0 Å². The lowest BCUT2D eigenvalue weighted by Crippen LogP contribution is -2.14. The second-order valence-electron chi connectivity index (χ2n) is 2.89. The number of hydrogen-bond donors (Lipinski definition) is 2. The van der Waals surface area contributed by atoms with Gasteiger partial charge in [-0.3, -0.25) is 0 Å². The van der Waals surface area contributed by atoms with Crippen molar-refractivity contribution in [2.24, 2.45) is 5.73 Å². The summed E-state index contributed by atoms with van der Waals surface area (Å²) in [5.74, 6) is 0.694. The minimum Gasteiger partial charge on any atom is -0.394 e. The van der Waals surface area contributed by atoms with E-state index in [4.69, 9.17) is 20.1 Å². The highest BCUT2D eigenvalue weighted by molar-refractivity contribution is 4.90. The van der Waals surface area contributed by atoms with Crippen molar-refractivity contribution in [3.8, 4) is 0 Å². The summed E-state index contributed by atoms with van der Waals surface area (Å²) < 4.78 is 10.0. The average Bonchev–Trinajstić information content (AvgIpc) is 2.66. The summed E-state index contributed by atoms with van der Waals surface area (Å²) in [5.41, 5.74) is 5.48. The van der Waals surface area contributed by atoms with Crippen LogP contribution in [0.2, 0.25) is 0 Å². The molecule has 0 aliphatic carbocycles. The van der Waals surface area contributed by atoms with Gasteiger partial charge in [-0.25, -0.2) is 0 Å². The maximum atomic E-state index is 8.73. The lowest BCUT2D eigenvalue weighted by atomic mass is 10.3. The standard InChI is InChI=1S/C8H15N3O3/c1-2-3-13-5-7-10-8(14-11-7)6(9)4-12/h6,12H,2-5,9H2,1H3. The summed E-state index contributed by atoms with van der Waals surface area (Å²) in [5, 5.41) is 12.4. The molecule has 0 spiro atoms. The van der Waals surface area contributed by atoms with E-state index in [1.54, 1.807) is 0 Å². The number of aromatic nitrogens is 2. The number of nitrogens with two attached hydrogens (primary N) is 1. The first-order valence-electron chi connectivity index (χ1n) is 4.54. The number of nitrogens with zero attached hydrogens (tertiary/aromatic N) is 2. The molecule has 0 aliphatic rings. The molecule has 1 unspecified atom stereocenters. The molecule has 0 aromatic carbocycles. The van der Waals surface area contributed by atoms with Gasteiger partial charge < -0.3 is 20.1 Å². The largest absolute Gasteiger partial charge is 0.394 e. The van der Waals surface area contributed by atoms with Crippen LogP contribution in [0.25, 0.3) is 0 Å². The molecular weight excluding hydrogens is 186 g/mol. The molecular formula is C8H15N3O3. The third kappa shape index (κ3) is 3.06. The Bertz CT molecular complexity index is 264. The van der Waals surface area contributed by atoms with Crippen LogP contribution in [-0.2, 0) is 11.3 Å². The number of hydrogen-bond acceptors (Lipinski definition) is 6. The molecule has 14 heavy (non-hydrogen) atoms. The van der Waals surface area contributed by atoms with Crippen molar-refractivity contribution in [1.82, 2.24) is 10.1 Å². The predicted octanol–water partition coefficient (Wildman–Crippen LogP) is -0.0117. The zero-order valence-corrected chi connectivity index (χ0v) is 8.14. The molecule has 0 aliphatic heterocycles. The summed E-state index contributed by atoms with van der Waals surface area (Å²) in [4.78, 5) is 3.97. The molecule has 1 aromatic heterocycles. The van der Waals surface area contributed by atoms with Gasteiger partial charge in [-0.05, 0) is 6.42 Å². The van der Waals surface area contributed by atoms with Gasteiger partial charge in [0, 0.05) is 6.61 Å². The van der Waals surface area contributed by atoms with E-state index in [2.05, 4.69) is 10.1 Å². The van der Waals surface area contributed by atoms with Crippen LogP contribution >= 0.6 is 0 Å². The third-order valence-corrected chi connectivity index (χ3v) is 1.58. The Hall–Kier alpha value is -0.980. The first-order chi connectivity index (χ1) is 6.77. The van der Waals surface area contributed by atoms with Crippen molar-refractivity contribution in [3.05, 3.63) is 11.7 Å². The van der Waals surface area contributed by atoms with Crippen LogP contribution in [0, 0.1) is 0 Å². The van der Waals surface area contributed by atoms with Crippen molar-refractivity contribution in [2.75, 3.05) is 13.2 Å². The fourth-order valence-corrected chi connectivity index (χ4v) is 0.863. The molecule has 0 radical (unpaired) electrons. The van der Waals surface area contributed by atoms with Crippen LogP contribution in [0.3, 0.4) is 0 Å². The summed E-state index contributed by atoms with van der Waals surface area (Å²) in [7, 11) is 0. The first-order valence-corrected chi connectivity index (χ1v) is 4.54. The van der Waals surface area contributed by atoms with Crippen molar-refractivity contribution < 1.29 is 14.4 Å². The molecule has 1 atom stereocenters. The highest BCUT2D eigenvalue weighted by Gasteiger charge is 2.13. The number of aliphatic hydroxyl groups excluding tert-OH is 1. The molecule has 0 saturated heterocycles. The fourth-order valence-electron chi connectivity index (χ4n) is 0.863. The van der Waals surface area contributed by atoms with Crippen molar-refractivity contribution in [3.63, 3.8) is 0 Å². The van der Waals surface area contributed by atoms with E-state index < -0.39 is 6.04 Å². The Morgan fingerprint density at radius 3 is 3.07 bits per heavy atom. The second-order valence-corrected chi connectivity index (χ2v) is 2.89. The summed E-state index contributed by atoms with van der Waals surface area (Å²) in [6.07, 6.45) is 0.945. The Balaban J connectivity index is 2.42. The topological polar surface area (TPSA) is 94.4 Å². The minimum atomic E-state index is -0.609. The molecule has 1 heterocycles. The summed E-state index contributed by atoms with van der Waals surface area (Å²) in [6, 6.07) is -0.609. The maximum Gasteiger partial charge on any atom is 0.246 e.